The van der Waals surface area contributed by atoms with Gasteiger partial charge in [-0.3, -0.25) is 9.59 Å². The highest BCUT2D eigenvalue weighted by atomic mass is 16.6. The Balaban J connectivity index is 3.37. The zero-order valence-corrected chi connectivity index (χ0v) is 47.0. The predicted octanol–water partition coefficient (Wildman–Crippen LogP) is 21.2. The van der Waals surface area contributed by atoms with E-state index in [9.17, 15) is 14.7 Å². The Morgan fingerprint density at radius 3 is 0.929 bits per heavy atom. The van der Waals surface area contributed by atoms with Crippen LogP contribution in [0, 0.1) is 0 Å². The highest BCUT2D eigenvalue weighted by molar-refractivity contribution is 5.70. The van der Waals surface area contributed by atoms with E-state index in [0.29, 0.717) is 12.8 Å². The molecule has 0 saturated heterocycles. The summed E-state index contributed by atoms with van der Waals surface area (Å²) in [5, 5.41) is 9.66. The minimum absolute atomic E-state index is 0.0586. The summed E-state index contributed by atoms with van der Waals surface area (Å²) >= 11 is 0. The predicted molar refractivity (Wildman–Crippen MR) is 307 cm³/mol. The Kier molecular flexibility index (Phi) is 59.3. The molecule has 410 valence electrons. The van der Waals surface area contributed by atoms with Crippen LogP contribution in [0.2, 0.25) is 0 Å². The molecule has 0 amide bonds. The molecule has 0 spiro atoms. The lowest BCUT2D eigenvalue weighted by molar-refractivity contribution is -0.161. The van der Waals surface area contributed by atoms with Crippen molar-refractivity contribution in [2.24, 2.45) is 0 Å². The molecule has 70 heavy (non-hydrogen) atoms. The van der Waals surface area contributed by atoms with Gasteiger partial charge in [-0.25, -0.2) is 0 Å². The molecule has 0 saturated carbocycles. The maximum Gasteiger partial charge on any atom is 0.306 e. The fourth-order valence-corrected chi connectivity index (χ4v) is 9.49. The molecule has 0 aliphatic rings. The van der Waals surface area contributed by atoms with Gasteiger partial charge in [0.2, 0.25) is 0 Å². The van der Waals surface area contributed by atoms with Crippen molar-refractivity contribution in [1.82, 2.24) is 0 Å². The quantitative estimate of drug-likeness (QED) is 0.0373. The molecule has 0 aromatic carbocycles. The molecule has 0 bridgehead atoms. The summed E-state index contributed by atoms with van der Waals surface area (Å²) in [7, 11) is 0. The van der Waals surface area contributed by atoms with E-state index in [4.69, 9.17) is 9.47 Å². The maximum atomic E-state index is 12.3. The SMILES string of the molecule is CC/C=C\C/C=C\C/C=C\C/C=C\CCCCCCCCCCCCCCCCCCCCCCCCCCCCC(=O)OC(CO)COC(=O)CCCCCCCCCCCCCCCCCCC. The van der Waals surface area contributed by atoms with E-state index < -0.39 is 6.10 Å². The van der Waals surface area contributed by atoms with E-state index >= 15 is 0 Å². The Labute approximate surface area is 437 Å². The van der Waals surface area contributed by atoms with Gasteiger partial charge in [-0.1, -0.05) is 319 Å². The monoisotopic (exact) mass is 981 g/mol. The lowest BCUT2D eigenvalue weighted by Crippen LogP contribution is -2.28. The van der Waals surface area contributed by atoms with Gasteiger partial charge in [0.05, 0.1) is 6.61 Å². The number of aliphatic hydroxyl groups excluding tert-OH is 1. The summed E-state index contributed by atoms with van der Waals surface area (Å²) in [5.41, 5.74) is 0. The third-order valence-corrected chi connectivity index (χ3v) is 14.1. The molecule has 0 aliphatic heterocycles. The molecule has 1 N–H and O–H groups in total. The number of rotatable bonds is 58. The summed E-state index contributed by atoms with van der Waals surface area (Å²) in [6.45, 7) is 4.08. The lowest BCUT2D eigenvalue weighted by Gasteiger charge is -2.15. The van der Waals surface area contributed by atoms with Gasteiger partial charge in [0, 0.05) is 12.8 Å². The van der Waals surface area contributed by atoms with Crippen molar-refractivity contribution < 1.29 is 24.2 Å². The summed E-state index contributed by atoms with van der Waals surface area (Å²) in [6.07, 6.45) is 81.3. The number of hydrogen-bond donors (Lipinski definition) is 1. The number of carbonyl (C=O) groups is 2. The molecular weight excluding hydrogens is 861 g/mol. The number of aliphatic hydroxyl groups is 1. The van der Waals surface area contributed by atoms with E-state index in [1.807, 2.05) is 0 Å². The largest absolute Gasteiger partial charge is 0.462 e. The second kappa shape index (κ2) is 61.2. The van der Waals surface area contributed by atoms with E-state index in [1.165, 1.54) is 250 Å². The van der Waals surface area contributed by atoms with Gasteiger partial charge in [0.25, 0.3) is 0 Å². The number of carbonyl (C=O) groups excluding carboxylic acids is 2. The minimum atomic E-state index is -0.767. The first-order valence-electron chi connectivity index (χ1n) is 31.2. The molecule has 0 radical (unpaired) electrons. The van der Waals surface area contributed by atoms with Gasteiger partial charge in [-0.05, 0) is 51.4 Å². The molecule has 0 aromatic rings. The van der Waals surface area contributed by atoms with Crippen LogP contribution in [-0.2, 0) is 19.1 Å². The molecule has 5 nitrogen and oxygen atoms in total. The van der Waals surface area contributed by atoms with Crippen molar-refractivity contribution in [1.29, 1.82) is 0 Å². The summed E-state index contributed by atoms with van der Waals surface area (Å²) in [6, 6.07) is 0. The van der Waals surface area contributed by atoms with Crippen LogP contribution in [0.4, 0.5) is 0 Å². The zero-order valence-electron chi connectivity index (χ0n) is 47.0. The number of unbranched alkanes of at least 4 members (excludes halogenated alkanes) is 42. The van der Waals surface area contributed by atoms with E-state index in [-0.39, 0.29) is 25.2 Å². The number of esters is 2. The summed E-state index contributed by atoms with van der Waals surface area (Å²) in [5.74, 6) is -0.569. The van der Waals surface area contributed by atoms with Gasteiger partial charge in [-0.2, -0.15) is 0 Å². The van der Waals surface area contributed by atoms with E-state index in [1.54, 1.807) is 0 Å². The van der Waals surface area contributed by atoms with Crippen LogP contribution < -0.4 is 0 Å². The van der Waals surface area contributed by atoms with Crippen molar-refractivity contribution in [2.75, 3.05) is 13.2 Å². The highest BCUT2D eigenvalue weighted by Crippen LogP contribution is 2.18. The first-order valence-corrected chi connectivity index (χ1v) is 31.2. The Hall–Kier alpha value is -2.14. The van der Waals surface area contributed by atoms with Crippen LogP contribution in [0.5, 0.6) is 0 Å². The molecular formula is C65H120O5. The molecule has 5 heteroatoms. The highest BCUT2D eigenvalue weighted by Gasteiger charge is 2.16. The van der Waals surface area contributed by atoms with Crippen LogP contribution in [0.3, 0.4) is 0 Å². The smallest absolute Gasteiger partial charge is 0.306 e. The Bertz CT molecular complexity index is 1150. The fraction of sp³-hybridized carbons (Fsp3) is 0.846. The normalized spacial score (nSPS) is 12.4. The molecule has 0 heterocycles. The van der Waals surface area contributed by atoms with Crippen molar-refractivity contribution >= 4 is 11.9 Å². The molecule has 1 atom stereocenters. The molecule has 0 rings (SSSR count). The van der Waals surface area contributed by atoms with Crippen LogP contribution in [0.1, 0.15) is 335 Å². The minimum Gasteiger partial charge on any atom is -0.462 e. The van der Waals surface area contributed by atoms with Crippen molar-refractivity contribution in [2.45, 2.75) is 341 Å². The van der Waals surface area contributed by atoms with Gasteiger partial charge in [0.1, 0.15) is 6.61 Å². The third kappa shape index (κ3) is 58.4. The van der Waals surface area contributed by atoms with E-state index in [2.05, 4.69) is 62.5 Å². The van der Waals surface area contributed by atoms with Crippen molar-refractivity contribution in [3.8, 4) is 0 Å². The standard InChI is InChI=1S/C65H120O5/c1-3-5-7-9-11-13-15-17-19-21-22-23-24-25-26-27-28-29-30-31-32-33-34-35-36-37-38-39-40-41-42-44-46-48-50-52-54-56-58-60-65(68)70-63(61-66)62-69-64(67)59-57-55-53-51-49-47-45-43-20-18-16-14-12-10-8-6-4-2/h5,7,11,13,17,19,22-23,63,66H,3-4,6,8-10,12,14-16,18,20-21,24-62H2,1-2H3/b7-5-,13-11-,19-17-,23-22-. The van der Waals surface area contributed by atoms with Gasteiger partial charge in [0.15, 0.2) is 6.10 Å². The topological polar surface area (TPSA) is 72.8 Å². The fourth-order valence-electron chi connectivity index (χ4n) is 9.49. The number of hydrogen-bond acceptors (Lipinski definition) is 5. The molecule has 0 aliphatic carbocycles. The third-order valence-electron chi connectivity index (χ3n) is 14.1. The van der Waals surface area contributed by atoms with Gasteiger partial charge < -0.3 is 14.6 Å². The second-order valence-corrected chi connectivity index (χ2v) is 21.1. The number of ether oxygens (including phenoxy) is 2. The van der Waals surface area contributed by atoms with Gasteiger partial charge >= 0.3 is 11.9 Å². The first-order chi connectivity index (χ1) is 34.6. The Morgan fingerprint density at radius 1 is 0.343 bits per heavy atom. The van der Waals surface area contributed by atoms with Crippen LogP contribution in [-0.4, -0.2) is 36.4 Å². The second-order valence-electron chi connectivity index (χ2n) is 21.1. The average molecular weight is 982 g/mol. The maximum absolute atomic E-state index is 12.3. The number of allylic oxidation sites excluding steroid dienone is 8. The van der Waals surface area contributed by atoms with E-state index in [0.717, 1.165) is 57.8 Å². The average Bonchev–Trinajstić information content (AvgIpc) is 3.36. The molecule has 1 unspecified atom stereocenters. The zero-order chi connectivity index (χ0) is 50.6. The summed E-state index contributed by atoms with van der Waals surface area (Å²) < 4.78 is 10.7. The van der Waals surface area contributed by atoms with Crippen LogP contribution >= 0.6 is 0 Å². The molecule has 0 fully saturated rings. The van der Waals surface area contributed by atoms with Crippen LogP contribution in [0.25, 0.3) is 0 Å². The van der Waals surface area contributed by atoms with Gasteiger partial charge in [-0.15, -0.1) is 0 Å². The van der Waals surface area contributed by atoms with Crippen molar-refractivity contribution in [3.63, 3.8) is 0 Å². The van der Waals surface area contributed by atoms with Crippen molar-refractivity contribution in [3.05, 3.63) is 48.6 Å². The Morgan fingerprint density at radius 2 is 0.614 bits per heavy atom. The lowest BCUT2D eigenvalue weighted by atomic mass is 10.0. The molecule has 0 aromatic heterocycles. The van der Waals surface area contributed by atoms with Crippen LogP contribution in [0.15, 0.2) is 48.6 Å². The summed E-state index contributed by atoms with van der Waals surface area (Å²) in [4.78, 5) is 24.5. The first kappa shape index (κ1) is 67.9.